The van der Waals surface area contributed by atoms with E-state index in [-0.39, 0.29) is 6.03 Å². The standard InChI is InChI=1S/C21H28N2O3S/c1-3-7-17-18(20(24)26-2)19(23-21(25)22-17)14-10-12-16(13-11-14)27-15-8-5-4-6-9-15/h10-13,15,19H,3-9H2,1-2H3,(H2,22,23,25). The van der Waals surface area contributed by atoms with Gasteiger partial charge in [0.25, 0.3) is 0 Å². The fourth-order valence-electron chi connectivity index (χ4n) is 3.78. The normalized spacial score (nSPS) is 20.8. The predicted octanol–water partition coefficient (Wildman–Crippen LogP) is 4.69. The van der Waals surface area contributed by atoms with Gasteiger partial charge < -0.3 is 15.4 Å². The summed E-state index contributed by atoms with van der Waals surface area (Å²) in [5.74, 6) is -0.406. The molecule has 0 bridgehead atoms. The second kappa shape index (κ2) is 9.31. The minimum Gasteiger partial charge on any atom is -0.466 e. The number of hydrogen-bond acceptors (Lipinski definition) is 4. The Morgan fingerprint density at radius 1 is 1.19 bits per heavy atom. The van der Waals surface area contributed by atoms with Crippen LogP contribution >= 0.6 is 11.8 Å². The smallest absolute Gasteiger partial charge is 0.337 e. The van der Waals surface area contributed by atoms with Gasteiger partial charge in [-0.05, 0) is 37.0 Å². The molecule has 0 spiro atoms. The molecule has 2 aliphatic rings. The lowest BCUT2D eigenvalue weighted by Gasteiger charge is -2.29. The minimum absolute atomic E-state index is 0.281. The molecule has 146 valence electrons. The average Bonchev–Trinajstić information content (AvgIpc) is 2.69. The number of allylic oxidation sites excluding steroid dienone is 1. The molecule has 1 atom stereocenters. The monoisotopic (exact) mass is 388 g/mol. The van der Waals surface area contributed by atoms with Gasteiger partial charge in [0.1, 0.15) is 0 Å². The highest BCUT2D eigenvalue weighted by Crippen LogP contribution is 2.35. The molecule has 1 aliphatic heterocycles. The maximum atomic E-state index is 12.4. The Bertz CT molecular complexity index is 709. The summed E-state index contributed by atoms with van der Waals surface area (Å²) < 4.78 is 4.99. The highest BCUT2D eigenvalue weighted by atomic mass is 32.2. The van der Waals surface area contributed by atoms with Crippen molar-refractivity contribution in [1.29, 1.82) is 0 Å². The summed E-state index contributed by atoms with van der Waals surface area (Å²) in [5, 5.41) is 6.34. The van der Waals surface area contributed by atoms with Crippen LogP contribution in [0.4, 0.5) is 4.79 Å². The molecule has 1 unspecified atom stereocenters. The van der Waals surface area contributed by atoms with E-state index in [4.69, 9.17) is 4.74 Å². The van der Waals surface area contributed by atoms with Crippen molar-refractivity contribution in [3.63, 3.8) is 0 Å². The fraction of sp³-hybridized carbons (Fsp3) is 0.524. The summed E-state index contributed by atoms with van der Waals surface area (Å²) in [5.41, 5.74) is 2.04. The van der Waals surface area contributed by atoms with Crippen molar-refractivity contribution in [2.45, 2.75) is 68.1 Å². The van der Waals surface area contributed by atoms with Crippen molar-refractivity contribution >= 4 is 23.8 Å². The molecule has 2 N–H and O–H groups in total. The van der Waals surface area contributed by atoms with Gasteiger partial charge in [-0.2, -0.15) is 0 Å². The van der Waals surface area contributed by atoms with Crippen molar-refractivity contribution < 1.29 is 14.3 Å². The van der Waals surface area contributed by atoms with Gasteiger partial charge in [0.05, 0.1) is 18.7 Å². The molecule has 6 heteroatoms. The lowest BCUT2D eigenvalue weighted by molar-refractivity contribution is -0.136. The van der Waals surface area contributed by atoms with Gasteiger partial charge in [-0.1, -0.05) is 44.7 Å². The number of rotatable bonds is 6. The molecule has 2 amide bonds. The van der Waals surface area contributed by atoms with Crippen LogP contribution in [-0.4, -0.2) is 24.4 Å². The maximum Gasteiger partial charge on any atom is 0.337 e. The molecule has 1 aromatic carbocycles. The van der Waals surface area contributed by atoms with Crippen LogP contribution in [0, 0.1) is 0 Å². The Morgan fingerprint density at radius 2 is 1.89 bits per heavy atom. The largest absolute Gasteiger partial charge is 0.466 e. The zero-order valence-electron chi connectivity index (χ0n) is 16.0. The topological polar surface area (TPSA) is 67.4 Å². The Hall–Kier alpha value is -1.95. The van der Waals surface area contributed by atoms with Crippen LogP contribution in [0.3, 0.4) is 0 Å². The zero-order chi connectivity index (χ0) is 19.2. The molecule has 0 aromatic heterocycles. The Morgan fingerprint density at radius 3 is 2.52 bits per heavy atom. The molecule has 1 fully saturated rings. The minimum atomic E-state index is -0.485. The van der Waals surface area contributed by atoms with E-state index in [9.17, 15) is 9.59 Å². The first-order chi connectivity index (χ1) is 13.1. The van der Waals surface area contributed by atoms with Crippen LogP contribution in [0.5, 0.6) is 0 Å². The summed E-state index contributed by atoms with van der Waals surface area (Å²) in [7, 11) is 1.37. The fourth-order valence-corrected chi connectivity index (χ4v) is 5.03. The molecular weight excluding hydrogens is 360 g/mol. The second-order valence-corrected chi connectivity index (χ2v) is 8.49. The Kier molecular flexibility index (Phi) is 6.83. The Labute approximate surface area is 165 Å². The number of benzene rings is 1. The number of thioether (sulfide) groups is 1. The first kappa shape index (κ1) is 19.8. The molecular formula is C21H28N2O3S. The first-order valence-electron chi connectivity index (χ1n) is 9.77. The van der Waals surface area contributed by atoms with Crippen LogP contribution in [-0.2, 0) is 9.53 Å². The molecule has 27 heavy (non-hydrogen) atoms. The highest BCUT2D eigenvalue weighted by Gasteiger charge is 2.33. The van der Waals surface area contributed by atoms with Gasteiger partial charge in [0.2, 0.25) is 0 Å². The van der Waals surface area contributed by atoms with Gasteiger partial charge in [-0.25, -0.2) is 9.59 Å². The molecule has 3 rings (SSSR count). The van der Waals surface area contributed by atoms with Crippen molar-refractivity contribution in [1.82, 2.24) is 10.6 Å². The van der Waals surface area contributed by atoms with Gasteiger partial charge in [0.15, 0.2) is 0 Å². The molecule has 5 nitrogen and oxygen atoms in total. The van der Waals surface area contributed by atoms with Crippen molar-refractivity contribution in [3.8, 4) is 0 Å². The third-order valence-corrected chi connectivity index (χ3v) is 6.48. The van der Waals surface area contributed by atoms with Gasteiger partial charge in [-0.3, -0.25) is 0 Å². The average molecular weight is 389 g/mol. The van der Waals surface area contributed by atoms with E-state index in [0.717, 1.165) is 12.0 Å². The maximum absolute atomic E-state index is 12.4. The molecule has 0 radical (unpaired) electrons. The lowest BCUT2D eigenvalue weighted by Crippen LogP contribution is -2.45. The van der Waals surface area contributed by atoms with E-state index in [1.165, 1.54) is 44.1 Å². The molecule has 1 heterocycles. The summed E-state index contributed by atoms with van der Waals surface area (Å²) in [6.07, 6.45) is 8.03. The predicted molar refractivity (Wildman–Crippen MR) is 108 cm³/mol. The third-order valence-electron chi connectivity index (χ3n) is 5.13. The quantitative estimate of drug-likeness (QED) is 0.694. The third kappa shape index (κ3) is 4.86. The number of amides is 2. The zero-order valence-corrected chi connectivity index (χ0v) is 16.9. The summed E-state index contributed by atoms with van der Waals surface area (Å²) >= 11 is 1.94. The first-order valence-corrected chi connectivity index (χ1v) is 10.7. The van der Waals surface area contributed by atoms with Crippen LogP contribution in [0.2, 0.25) is 0 Å². The number of methoxy groups -OCH3 is 1. The number of carbonyl (C=O) groups is 2. The summed E-state index contributed by atoms with van der Waals surface area (Å²) in [6.45, 7) is 2.02. The van der Waals surface area contributed by atoms with Gasteiger partial charge in [-0.15, -0.1) is 11.8 Å². The van der Waals surface area contributed by atoms with Crippen molar-refractivity contribution in [3.05, 3.63) is 41.1 Å². The van der Waals surface area contributed by atoms with E-state index in [1.807, 2.05) is 30.8 Å². The van der Waals surface area contributed by atoms with Gasteiger partial charge >= 0.3 is 12.0 Å². The van der Waals surface area contributed by atoms with E-state index >= 15 is 0 Å². The summed E-state index contributed by atoms with van der Waals surface area (Å²) in [6, 6.07) is 7.44. The number of carbonyl (C=O) groups excluding carboxylic acids is 2. The van der Waals surface area contributed by atoms with Gasteiger partial charge in [0, 0.05) is 15.8 Å². The number of nitrogens with one attached hydrogen (secondary N) is 2. The number of ether oxygens (including phenoxy) is 1. The van der Waals surface area contributed by atoms with E-state index < -0.39 is 12.0 Å². The van der Waals surface area contributed by atoms with Crippen molar-refractivity contribution in [2.24, 2.45) is 0 Å². The van der Waals surface area contributed by atoms with Crippen molar-refractivity contribution in [2.75, 3.05) is 7.11 Å². The second-order valence-electron chi connectivity index (χ2n) is 7.11. The van der Waals surface area contributed by atoms with Crippen LogP contribution in [0.15, 0.2) is 40.4 Å². The van der Waals surface area contributed by atoms with Crippen LogP contribution in [0.1, 0.15) is 63.5 Å². The Balaban J connectivity index is 1.82. The lowest BCUT2D eigenvalue weighted by atomic mass is 9.94. The van der Waals surface area contributed by atoms with E-state index in [0.29, 0.717) is 22.9 Å². The number of hydrogen-bond donors (Lipinski definition) is 2. The SMILES string of the molecule is CCCC1=C(C(=O)OC)C(c2ccc(SC3CCCCC3)cc2)NC(=O)N1. The van der Waals surface area contributed by atoms with Crippen LogP contribution in [0.25, 0.3) is 0 Å². The molecule has 1 saturated carbocycles. The highest BCUT2D eigenvalue weighted by molar-refractivity contribution is 8.00. The molecule has 1 aromatic rings. The van der Waals surface area contributed by atoms with E-state index in [2.05, 4.69) is 22.8 Å². The van der Waals surface area contributed by atoms with E-state index in [1.54, 1.807) is 0 Å². The molecule has 0 saturated heterocycles. The summed E-state index contributed by atoms with van der Waals surface area (Å²) in [4.78, 5) is 25.7. The number of esters is 1. The number of urea groups is 1. The molecule has 1 aliphatic carbocycles. The van der Waals surface area contributed by atoms with Crippen LogP contribution < -0.4 is 10.6 Å².